The van der Waals surface area contributed by atoms with Crippen LogP contribution in [-0.4, -0.2) is 64.9 Å². The molecule has 0 unspecified atom stereocenters. The van der Waals surface area contributed by atoms with Crippen molar-refractivity contribution in [2.75, 3.05) is 13.7 Å². The predicted octanol–water partition coefficient (Wildman–Crippen LogP) is 2.34. The Labute approximate surface area is 238 Å². The molecule has 0 bridgehead atoms. The van der Waals surface area contributed by atoms with Gasteiger partial charge >= 0.3 is 17.9 Å². The first kappa shape index (κ1) is 25.9. The van der Waals surface area contributed by atoms with Crippen LogP contribution in [0.3, 0.4) is 0 Å². The third-order valence-electron chi connectivity index (χ3n) is 13.1. The van der Waals surface area contributed by atoms with Crippen molar-refractivity contribution >= 4 is 23.7 Å². The van der Waals surface area contributed by atoms with Gasteiger partial charge in [0.2, 0.25) is 0 Å². The highest BCUT2D eigenvalue weighted by Crippen LogP contribution is 2.82. The molecular weight excluding hydrogens is 528 g/mol. The third kappa shape index (κ3) is 2.64. The molecule has 1 aliphatic heterocycles. The minimum absolute atomic E-state index is 0.00678. The molecule has 9 heteroatoms. The Bertz CT molecular complexity index is 1500. The summed E-state index contributed by atoms with van der Waals surface area (Å²) in [5, 5.41) is 24.4. The first-order chi connectivity index (χ1) is 19.3. The van der Waals surface area contributed by atoms with Crippen molar-refractivity contribution in [3.63, 3.8) is 0 Å². The number of fused-ring (bicyclic) bond motifs is 7. The molecule has 218 valence electrons. The quantitative estimate of drug-likeness (QED) is 0.301. The average Bonchev–Trinajstić information content (AvgIpc) is 3.82. The van der Waals surface area contributed by atoms with Gasteiger partial charge in [0.1, 0.15) is 12.7 Å². The standard InChI is InChI=1S/C32H36O9/c1-12(27(36)39-5)22-23-25-30(4,26(35)24(22)34)19-9-20(19)31(25,38)10-21-29(3)15(6-14-7-17(14)29)8-18-16(11-40-13(2)33)28(37)41-32(18,21)23/h14-15,17,19-21,26,35,38H,6-11H2,1-5H3/t14-,15+,17+,19+,20-,21-,26-,29+,30-,31-,32-/m0/s1. The second-order valence-corrected chi connectivity index (χ2v) is 14.4. The van der Waals surface area contributed by atoms with E-state index in [1.807, 2.05) is 6.92 Å². The smallest absolute Gasteiger partial charge is 0.338 e. The van der Waals surface area contributed by atoms with E-state index in [2.05, 4.69) is 6.92 Å². The number of rotatable bonds is 3. The summed E-state index contributed by atoms with van der Waals surface area (Å²) in [7, 11) is 1.23. The lowest BCUT2D eigenvalue weighted by molar-refractivity contribution is -0.169. The van der Waals surface area contributed by atoms with Crippen molar-refractivity contribution in [1.82, 2.24) is 0 Å². The normalized spacial score (nSPS) is 50.7. The number of ether oxygens (including phenoxy) is 3. The third-order valence-corrected chi connectivity index (χ3v) is 13.1. The monoisotopic (exact) mass is 564 g/mol. The molecule has 0 saturated heterocycles. The molecule has 1 heterocycles. The van der Waals surface area contributed by atoms with Crippen molar-refractivity contribution in [2.24, 2.45) is 46.3 Å². The Morgan fingerprint density at radius 1 is 1.07 bits per heavy atom. The van der Waals surface area contributed by atoms with Crippen molar-refractivity contribution < 1.29 is 43.6 Å². The van der Waals surface area contributed by atoms with Crippen molar-refractivity contribution in [2.45, 2.75) is 77.1 Å². The molecule has 0 aromatic rings. The molecule has 11 atom stereocenters. The van der Waals surface area contributed by atoms with Crippen LogP contribution in [0.1, 0.15) is 59.8 Å². The molecule has 0 aromatic heterocycles. The first-order valence-corrected chi connectivity index (χ1v) is 14.9. The number of hydrogen-bond donors (Lipinski definition) is 2. The van der Waals surface area contributed by atoms with Crippen LogP contribution in [-0.2, 0) is 33.4 Å². The van der Waals surface area contributed by atoms with E-state index in [-0.39, 0.29) is 52.4 Å². The molecule has 0 radical (unpaired) electrons. The van der Waals surface area contributed by atoms with E-state index in [0.717, 1.165) is 12.8 Å². The van der Waals surface area contributed by atoms with Crippen molar-refractivity contribution in [3.8, 4) is 0 Å². The van der Waals surface area contributed by atoms with Gasteiger partial charge in [-0.05, 0) is 85.2 Å². The molecule has 5 saturated carbocycles. The predicted molar refractivity (Wildman–Crippen MR) is 140 cm³/mol. The van der Waals surface area contributed by atoms with Gasteiger partial charge in [-0.15, -0.1) is 0 Å². The maximum atomic E-state index is 14.3. The SMILES string of the molecule is COC(=O)C(C)=C1C(=O)[C@H](O)[C@]2(C)C3=C1[C@]14OC(=O)C(COC(C)=O)=C1C[C@H]1C[C@H]5C[C@H]5[C@]1(C)[C@@H]4C[C@]3(O)[C@H]1C[C@H]12. The Morgan fingerprint density at radius 2 is 1.80 bits per heavy atom. The fourth-order valence-electron chi connectivity index (χ4n) is 11.2. The Balaban J connectivity index is 1.49. The molecule has 7 aliphatic carbocycles. The van der Waals surface area contributed by atoms with Gasteiger partial charge in [-0.3, -0.25) is 9.59 Å². The molecule has 41 heavy (non-hydrogen) atoms. The first-order valence-electron chi connectivity index (χ1n) is 14.9. The number of aliphatic hydroxyl groups is 2. The summed E-state index contributed by atoms with van der Waals surface area (Å²) in [5.41, 5.74) is -2.12. The maximum Gasteiger partial charge on any atom is 0.338 e. The summed E-state index contributed by atoms with van der Waals surface area (Å²) in [4.78, 5) is 53.0. The van der Waals surface area contributed by atoms with Gasteiger partial charge in [0, 0.05) is 35.0 Å². The van der Waals surface area contributed by atoms with E-state index in [1.165, 1.54) is 21.0 Å². The summed E-state index contributed by atoms with van der Waals surface area (Å²) >= 11 is 0. The summed E-state index contributed by atoms with van der Waals surface area (Å²) in [6.07, 6.45) is 2.24. The Morgan fingerprint density at radius 3 is 2.49 bits per heavy atom. The number of hydrogen-bond acceptors (Lipinski definition) is 9. The van der Waals surface area contributed by atoms with Crippen LogP contribution < -0.4 is 0 Å². The molecular formula is C32H36O9. The van der Waals surface area contributed by atoms with Gasteiger partial charge in [-0.25, -0.2) is 9.59 Å². The number of methoxy groups -OCH3 is 1. The highest BCUT2D eigenvalue weighted by Gasteiger charge is 2.83. The van der Waals surface area contributed by atoms with Gasteiger partial charge in [0.25, 0.3) is 0 Å². The zero-order chi connectivity index (χ0) is 29.2. The zero-order valence-electron chi connectivity index (χ0n) is 24.0. The molecule has 8 rings (SSSR count). The number of Topliss-reactive ketones (excluding diaryl/α,β-unsaturated/α-hetero) is 1. The van der Waals surface area contributed by atoms with Gasteiger partial charge in [0.05, 0.1) is 18.3 Å². The van der Waals surface area contributed by atoms with Crippen LogP contribution in [0.4, 0.5) is 0 Å². The summed E-state index contributed by atoms with van der Waals surface area (Å²) < 4.78 is 17.0. The maximum absolute atomic E-state index is 14.3. The fraction of sp³-hybridized carbons (Fsp3) is 0.688. The van der Waals surface area contributed by atoms with Crippen LogP contribution in [0, 0.1) is 46.3 Å². The van der Waals surface area contributed by atoms with Crippen LogP contribution in [0.2, 0.25) is 0 Å². The van der Waals surface area contributed by atoms with Crippen LogP contribution >= 0.6 is 0 Å². The van der Waals surface area contributed by atoms with E-state index in [9.17, 15) is 29.4 Å². The Kier molecular flexibility index (Phi) is 4.67. The van der Waals surface area contributed by atoms with Gasteiger partial charge in [0.15, 0.2) is 11.4 Å². The van der Waals surface area contributed by atoms with Crippen LogP contribution in [0.25, 0.3) is 0 Å². The van der Waals surface area contributed by atoms with E-state index < -0.39 is 46.4 Å². The second kappa shape index (κ2) is 7.40. The second-order valence-electron chi connectivity index (χ2n) is 14.4. The largest absolute Gasteiger partial charge is 0.466 e. The molecule has 0 amide bonds. The molecule has 5 fully saturated rings. The minimum atomic E-state index is -1.45. The van der Waals surface area contributed by atoms with E-state index in [0.29, 0.717) is 47.8 Å². The molecule has 1 spiro atoms. The van der Waals surface area contributed by atoms with E-state index in [1.54, 1.807) is 0 Å². The van der Waals surface area contributed by atoms with Gasteiger partial charge in [-0.1, -0.05) is 13.8 Å². The van der Waals surface area contributed by atoms with Crippen molar-refractivity contribution in [3.05, 3.63) is 33.4 Å². The summed E-state index contributed by atoms with van der Waals surface area (Å²) in [6.45, 7) is 6.65. The van der Waals surface area contributed by atoms with E-state index >= 15 is 0 Å². The molecule has 2 N–H and O–H groups in total. The number of esters is 3. The lowest BCUT2D eigenvalue weighted by Gasteiger charge is -2.62. The highest BCUT2D eigenvalue weighted by molar-refractivity contribution is 6.12. The number of carbonyl (C=O) groups is 4. The summed E-state index contributed by atoms with van der Waals surface area (Å²) in [6, 6.07) is 0. The molecule has 9 nitrogen and oxygen atoms in total. The fourth-order valence-corrected chi connectivity index (χ4v) is 11.2. The van der Waals surface area contributed by atoms with Crippen molar-refractivity contribution in [1.29, 1.82) is 0 Å². The average molecular weight is 565 g/mol. The Hall–Kier alpha value is -2.78. The lowest BCUT2D eigenvalue weighted by Crippen LogP contribution is -2.65. The highest BCUT2D eigenvalue weighted by atomic mass is 16.6. The van der Waals surface area contributed by atoms with Gasteiger partial charge in [-0.2, -0.15) is 0 Å². The number of carbonyl (C=O) groups excluding carboxylic acids is 4. The topological polar surface area (TPSA) is 136 Å². The summed E-state index contributed by atoms with van der Waals surface area (Å²) in [5.74, 6) is -1.79. The number of aliphatic hydroxyl groups excluding tert-OH is 1. The van der Waals surface area contributed by atoms with Crippen LogP contribution in [0.5, 0.6) is 0 Å². The number of ketones is 1. The molecule has 0 aromatic carbocycles. The minimum Gasteiger partial charge on any atom is -0.466 e. The van der Waals surface area contributed by atoms with Gasteiger partial charge < -0.3 is 24.4 Å². The van der Waals surface area contributed by atoms with E-state index in [4.69, 9.17) is 14.2 Å². The lowest BCUT2D eigenvalue weighted by atomic mass is 9.43. The zero-order valence-corrected chi connectivity index (χ0v) is 24.0. The van der Waals surface area contributed by atoms with Crippen LogP contribution in [0.15, 0.2) is 33.4 Å². The molecule has 8 aliphatic rings.